The number of benzene rings is 3. The molecule has 4 aromatic carbocycles. The molecule has 0 saturated carbocycles. The molecule has 0 fully saturated rings. The summed E-state index contributed by atoms with van der Waals surface area (Å²) in [6.07, 6.45) is 8.59. The van der Waals surface area contributed by atoms with Crippen LogP contribution in [0.1, 0.15) is 122 Å². The summed E-state index contributed by atoms with van der Waals surface area (Å²) in [5.74, 6) is 0. The van der Waals surface area contributed by atoms with Crippen LogP contribution in [0.5, 0.6) is 0 Å². The molecule has 0 nitrogen and oxygen atoms in total. The topological polar surface area (TPSA) is 0 Å². The first-order valence-corrected chi connectivity index (χ1v) is 18.2. The van der Waals surface area contributed by atoms with E-state index in [0.29, 0.717) is 0 Å². The molecule has 0 saturated heterocycles. The van der Waals surface area contributed by atoms with Crippen molar-refractivity contribution < 1.29 is 49.0 Å². The van der Waals surface area contributed by atoms with Gasteiger partial charge in [-0.3, -0.25) is 6.08 Å². The Labute approximate surface area is 319 Å². The molecule has 0 heterocycles. The largest absolute Gasteiger partial charge is 1.00 e. The smallest absolute Gasteiger partial charge is 0.172 e. The number of halogens is 2. The third-order valence-electron chi connectivity index (χ3n) is 9.62. The van der Waals surface area contributed by atoms with E-state index in [2.05, 4.69) is 143 Å². The molecule has 0 atom stereocenters. The average Bonchev–Trinajstić information content (AvgIpc) is 3.77. The molecule has 0 radical (unpaired) electrons. The van der Waals surface area contributed by atoms with Gasteiger partial charge in [-0.1, -0.05) is 92.9 Å². The summed E-state index contributed by atoms with van der Waals surface area (Å²) >= 11 is 1.54. The van der Waals surface area contributed by atoms with Gasteiger partial charge in [-0.25, -0.2) is 17.7 Å². The van der Waals surface area contributed by atoms with Crippen LogP contribution in [0.25, 0.3) is 22.3 Å². The van der Waals surface area contributed by atoms with Crippen LogP contribution in [-0.2, 0) is 41.5 Å². The first-order valence-electron chi connectivity index (χ1n) is 17.0. The van der Waals surface area contributed by atoms with Crippen molar-refractivity contribution in [1.29, 1.82) is 0 Å². The summed E-state index contributed by atoms with van der Waals surface area (Å²) in [5, 5.41) is 0. The van der Waals surface area contributed by atoms with Gasteiger partial charge < -0.3 is 24.8 Å². The summed E-state index contributed by atoms with van der Waals surface area (Å²) in [5.41, 5.74) is 16.3. The van der Waals surface area contributed by atoms with Crippen molar-refractivity contribution in [2.75, 3.05) is 0 Å². The van der Waals surface area contributed by atoms with Gasteiger partial charge in [-0.15, -0.1) is 11.6 Å². The molecule has 48 heavy (non-hydrogen) atoms. The molecule has 0 amide bonds. The Kier molecular flexibility index (Phi) is 12.6. The van der Waals surface area contributed by atoms with Crippen LogP contribution in [-0.4, -0.2) is 3.21 Å². The zero-order valence-electron chi connectivity index (χ0n) is 30.8. The van der Waals surface area contributed by atoms with Crippen molar-refractivity contribution in [3.63, 3.8) is 0 Å². The maximum atomic E-state index is 3.85. The number of allylic oxidation sites excluding steroid dienone is 4. The van der Waals surface area contributed by atoms with E-state index in [-0.39, 0.29) is 46.5 Å². The molecule has 0 N–H and O–H groups in total. The molecule has 3 heteroatoms. The van der Waals surface area contributed by atoms with Crippen LogP contribution in [0, 0.1) is 16.9 Å². The fraction of sp³-hybridized carbons (Fsp3) is 0.378. The zero-order chi connectivity index (χ0) is 33.7. The third-order valence-corrected chi connectivity index (χ3v) is 11.2. The molecule has 0 aromatic heterocycles. The molecule has 3 aliphatic carbocycles. The molecule has 4 aromatic rings. The minimum atomic E-state index is -0.0202. The van der Waals surface area contributed by atoms with Crippen LogP contribution in [0.3, 0.4) is 0 Å². The van der Waals surface area contributed by atoms with Gasteiger partial charge in [0.2, 0.25) is 0 Å². The van der Waals surface area contributed by atoms with Crippen LogP contribution in [0.4, 0.5) is 0 Å². The quantitative estimate of drug-likeness (QED) is 0.192. The number of hydrogen-bond donors (Lipinski definition) is 0. The molecule has 0 unspecified atom stereocenters. The Morgan fingerprint density at radius 3 is 1.75 bits per heavy atom. The van der Waals surface area contributed by atoms with Crippen molar-refractivity contribution >= 4 is 14.4 Å². The van der Waals surface area contributed by atoms with Crippen LogP contribution in [0.2, 0.25) is 0 Å². The zero-order valence-corrected chi connectivity index (χ0v) is 34.8. The fourth-order valence-electron chi connectivity index (χ4n) is 7.11. The first kappa shape index (κ1) is 40.3. The van der Waals surface area contributed by atoms with Gasteiger partial charge in [-0.2, -0.15) is 23.8 Å². The van der Waals surface area contributed by atoms with E-state index in [1.165, 1.54) is 91.9 Å². The molecule has 3 aliphatic rings. The monoisotopic (exact) mass is 752 g/mol. The van der Waals surface area contributed by atoms with Gasteiger partial charge in [0, 0.05) is 5.41 Å². The van der Waals surface area contributed by atoms with Gasteiger partial charge in [0.15, 0.2) is 0 Å². The first-order chi connectivity index (χ1) is 21.4. The molecule has 0 bridgehead atoms. The summed E-state index contributed by atoms with van der Waals surface area (Å²) in [6, 6.07) is 30.6. The van der Waals surface area contributed by atoms with Gasteiger partial charge in [0.1, 0.15) is 0 Å². The van der Waals surface area contributed by atoms with E-state index in [1.807, 2.05) is 30.3 Å². The Hall–Kier alpha value is -2.18. The Bertz CT molecular complexity index is 1690. The number of fused-ring (bicyclic) bond motifs is 5. The van der Waals surface area contributed by atoms with E-state index >= 15 is 0 Å². The van der Waals surface area contributed by atoms with Crippen LogP contribution >= 0.6 is 0 Å². The molecule has 0 aliphatic heterocycles. The van der Waals surface area contributed by atoms with E-state index in [4.69, 9.17) is 0 Å². The third kappa shape index (κ3) is 8.23. The summed E-state index contributed by atoms with van der Waals surface area (Å²) in [4.78, 5) is 0. The maximum absolute atomic E-state index is 3.85. The molecule has 252 valence electrons. The van der Waals surface area contributed by atoms with E-state index in [9.17, 15) is 0 Å². The van der Waals surface area contributed by atoms with Gasteiger partial charge in [0.05, 0.1) is 0 Å². The second-order valence-corrected chi connectivity index (χ2v) is 17.8. The van der Waals surface area contributed by atoms with Crippen molar-refractivity contribution in [3.8, 4) is 11.1 Å². The van der Waals surface area contributed by atoms with Gasteiger partial charge >= 0.3 is 76.7 Å². The van der Waals surface area contributed by atoms with Gasteiger partial charge in [0.25, 0.3) is 0 Å². The minimum Gasteiger partial charge on any atom is -1.00 e. The molecule has 0 spiro atoms. The van der Waals surface area contributed by atoms with Crippen molar-refractivity contribution in [3.05, 3.63) is 136 Å². The second kappa shape index (κ2) is 15.0. The van der Waals surface area contributed by atoms with E-state index in [0.717, 1.165) is 6.42 Å². The SMILES string of the molecule is CC(C)(C)C1=[C-]C(C)(C)c2cc3c(cc21)-c1cc2c(cc1C3)C(C)(C)C=C2C(C)(C)C.CC[C](=[Zr+2])c1ccccc1.[Cl-].[Cl-].c1cc[cH-]c1. The predicted molar refractivity (Wildman–Crippen MR) is 197 cm³/mol. The van der Waals surface area contributed by atoms with Gasteiger partial charge in [-0.05, 0) is 62.3 Å². The average molecular weight is 755 g/mol. The summed E-state index contributed by atoms with van der Waals surface area (Å²) < 4.78 is 1.55. The van der Waals surface area contributed by atoms with Crippen LogP contribution in [0.15, 0.2) is 91.0 Å². The Balaban J connectivity index is 0.000000305. The molecular formula is C45H52Cl2Zr-2. The number of rotatable bonds is 2. The van der Waals surface area contributed by atoms with E-state index < -0.39 is 0 Å². The Morgan fingerprint density at radius 1 is 0.729 bits per heavy atom. The van der Waals surface area contributed by atoms with Crippen molar-refractivity contribution in [2.24, 2.45) is 10.8 Å². The number of hydrogen-bond acceptors (Lipinski definition) is 0. The summed E-state index contributed by atoms with van der Waals surface area (Å²) in [6.45, 7) is 25.6. The normalized spacial score (nSPS) is 15.8. The standard InChI is InChI=1S/C31H37.C9H10.C5H5.2ClH.Zr/c1-28(2,3)26-16-30(7,8)24-12-18-11-19-13-25-23(15-21(19)20(18)14-22(24)26)27(29(4,5)6)17-31(25,9)10;1-2-6-9-7-4-3-5-8-9;1-2-4-5-3-1;;;/h12-16H,11H2,1-10H3;3-5,7-8H,2H2,1H3;1-5H;2*1H;/q-1;;-1;;;+2/p-2. The van der Waals surface area contributed by atoms with Crippen molar-refractivity contribution in [2.45, 2.75) is 99.8 Å². The summed E-state index contributed by atoms with van der Waals surface area (Å²) in [7, 11) is 0. The predicted octanol–water partition coefficient (Wildman–Crippen LogP) is 6.08. The fourth-order valence-corrected chi connectivity index (χ4v) is 7.52. The molecular weight excluding hydrogens is 703 g/mol. The molecule has 7 rings (SSSR count). The second-order valence-electron chi connectivity index (χ2n) is 16.4. The maximum Gasteiger partial charge on any atom is -0.172 e. The van der Waals surface area contributed by atoms with Crippen molar-refractivity contribution in [1.82, 2.24) is 0 Å². The Morgan fingerprint density at radius 2 is 1.27 bits per heavy atom. The minimum absolute atomic E-state index is 0. The van der Waals surface area contributed by atoms with E-state index in [1.54, 1.807) is 3.21 Å². The van der Waals surface area contributed by atoms with Crippen LogP contribution < -0.4 is 24.8 Å².